The van der Waals surface area contributed by atoms with Gasteiger partial charge in [-0.3, -0.25) is 4.79 Å². The van der Waals surface area contributed by atoms with Crippen LogP contribution in [0.1, 0.15) is 43.2 Å². The van der Waals surface area contributed by atoms with E-state index in [1.54, 1.807) is 0 Å². The smallest absolute Gasteiger partial charge is 0.260 e. The molecular formula is C22H29ClN2O2. The van der Waals surface area contributed by atoms with E-state index in [4.69, 9.17) is 10.5 Å². The van der Waals surface area contributed by atoms with Crippen molar-refractivity contribution in [1.82, 2.24) is 4.90 Å². The van der Waals surface area contributed by atoms with E-state index in [9.17, 15) is 4.79 Å². The van der Waals surface area contributed by atoms with Crippen LogP contribution in [-0.4, -0.2) is 36.5 Å². The first kappa shape index (κ1) is 21.3. The molecule has 2 aromatic rings. The summed E-state index contributed by atoms with van der Waals surface area (Å²) in [5, 5.41) is 0. The molecule has 0 radical (unpaired) electrons. The number of hydrogen-bond donors (Lipinski definition) is 1. The Morgan fingerprint density at radius 3 is 2.52 bits per heavy atom. The van der Waals surface area contributed by atoms with Gasteiger partial charge in [0, 0.05) is 25.0 Å². The minimum atomic E-state index is -0.0336. The Morgan fingerprint density at radius 2 is 1.81 bits per heavy atom. The van der Waals surface area contributed by atoms with Crippen molar-refractivity contribution in [2.45, 2.75) is 38.1 Å². The predicted molar refractivity (Wildman–Crippen MR) is 112 cm³/mol. The molecule has 3 rings (SSSR count). The van der Waals surface area contributed by atoms with Crippen molar-refractivity contribution in [2.75, 3.05) is 19.7 Å². The van der Waals surface area contributed by atoms with E-state index in [2.05, 4.69) is 32.0 Å². The van der Waals surface area contributed by atoms with Gasteiger partial charge in [-0.05, 0) is 29.5 Å². The highest BCUT2D eigenvalue weighted by Gasteiger charge is 2.33. The molecule has 2 N–H and O–H groups in total. The molecule has 4 nitrogen and oxygen atoms in total. The molecule has 0 aliphatic carbocycles. The summed E-state index contributed by atoms with van der Waals surface area (Å²) >= 11 is 0. The Bertz CT molecular complexity index is 738. The van der Waals surface area contributed by atoms with Gasteiger partial charge in [-0.15, -0.1) is 12.4 Å². The zero-order valence-electron chi connectivity index (χ0n) is 16.0. The maximum atomic E-state index is 12.6. The second-order valence-electron chi connectivity index (χ2n) is 7.12. The van der Waals surface area contributed by atoms with Gasteiger partial charge in [0.25, 0.3) is 5.91 Å². The quantitative estimate of drug-likeness (QED) is 0.815. The third-order valence-corrected chi connectivity index (χ3v) is 5.36. The zero-order chi connectivity index (χ0) is 18.5. The number of nitrogens with two attached hydrogens (primary N) is 1. The molecular weight excluding hydrogens is 360 g/mol. The fourth-order valence-corrected chi connectivity index (χ4v) is 3.56. The molecule has 1 unspecified atom stereocenters. The Hall–Kier alpha value is -2.04. The van der Waals surface area contributed by atoms with Crippen LogP contribution < -0.4 is 10.5 Å². The lowest BCUT2D eigenvalue weighted by atomic mass is 9.95. The van der Waals surface area contributed by atoms with E-state index >= 15 is 0 Å². The third-order valence-electron chi connectivity index (χ3n) is 5.36. The van der Waals surface area contributed by atoms with E-state index in [1.165, 1.54) is 5.56 Å². The number of carbonyl (C=O) groups excluding carboxylic acids is 1. The van der Waals surface area contributed by atoms with Crippen molar-refractivity contribution in [2.24, 2.45) is 5.73 Å². The monoisotopic (exact) mass is 388 g/mol. The lowest BCUT2D eigenvalue weighted by Gasteiger charge is -2.19. The summed E-state index contributed by atoms with van der Waals surface area (Å²) in [6, 6.07) is 18.1. The summed E-state index contributed by atoms with van der Waals surface area (Å²) in [6.07, 6.45) is 1.04. The Morgan fingerprint density at radius 1 is 1.15 bits per heavy atom. The number of para-hydroxylation sites is 1. The molecule has 0 aromatic heterocycles. The maximum Gasteiger partial charge on any atom is 0.260 e. The predicted octanol–water partition coefficient (Wildman–Crippen LogP) is 3.95. The molecule has 1 amide bonds. The second-order valence-corrected chi connectivity index (χ2v) is 7.12. The zero-order valence-corrected chi connectivity index (χ0v) is 16.8. The summed E-state index contributed by atoms with van der Waals surface area (Å²) in [6.45, 7) is 5.62. The molecule has 1 heterocycles. The standard InChI is InChI=1S/C22H28N2O2.ClH/c1-3-16(2)18-11-7-8-12-21(18)26-15-22(25)24-13-19(20(23)14-24)17-9-5-4-6-10-17;/h4-12,16,19-20H,3,13-15,23H2,1-2H3;1H/t16?,19-,20+;/m0./s1. The van der Waals surface area contributed by atoms with Gasteiger partial charge in [0.2, 0.25) is 0 Å². The van der Waals surface area contributed by atoms with Gasteiger partial charge in [-0.2, -0.15) is 0 Å². The molecule has 0 saturated carbocycles. The number of halogens is 1. The minimum Gasteiger partial charge on any atom is -0.483 e. The van der Waals surface area contributed by atoms with E-state index in [1.807, 2.05) is 41.3 Å². The first-order chi connectivity index (χ1) is 12.6. The number of rotatable bonds is 6. The average Bonchev–Trinajstić information content (AvgIpc) is 3.08. The van der Waals surface area contributed by atoms with Crippen molar-refractivity contribution in [1.29, 1.82) is 0 Å². The van der Waals surface area contributed by atoms with Gasteiger partial charge < -0.3 is 15.4 Å². The number of carbonyl (C=O) groups is 1. The Labute approximate surface area is 168 Å². The molecule has 1 saturated heterocycles. The highest BCUT2D eigenvalue weighted by molar-refractivity contribution is 5.85. The summed E-state index contributed by atoms with van der Waals surface area (Å²) < 4.78 is 5.88. The van der Waals surface area contributed by atoms with Crippen LogP contribution in [0.15, 0.2) is 54.6 Å². The Kier molecular flexibility index (Phi) is 7.69. The van der Waals surface area contributed by atoms with Gasteiger partial charge in [0.05, 0.1) is 0 Å². The molecule has 0 bridgehead atoms. The van der Waals surface area contributed by atoms with E-state index in [-0.39, 0.29) is 36.9 Å². The lowest BCUT2D eigenvalue weighted by molar-refractivity contribution is -0.132. The molecule has 1 aliphatic rings. The van der Waals surface area contributed by atoms with Crippen LogP contribution in [0.3, 0.4) is 0 Å². The van der Waals surface area contributed by atoms with E-state index in [0.29, 0.717) is 19.0 Å². The third kappa shape index (κ3) is 5.02. The van der Waals surface area contributed by atoms with Crippen LogP contribution in [0.5, 0.6) is 5.75 Å². The van der Waals surface area contributed by atoms with E-state index < -0.39 is 0 Å². The van der Waals surface area contributed by atoms with Gasteiger partial charge >= 0.3 is 0 Å². The number of nitrogens with zero attached hydrogens (tertiary/aromatic N) is 1. The largest absolute Gasteiger partial charge is 0.483 e. The fraction of sp³-hybridized carbons (Fsp3) is 0.409. The van der Waals surface area contributed by atoms with Crippen LogP contribution >= 0.6 is 12.4 Å². The van der Waals surface area contributed by atoms with Crippen LogP contribution in [-0.2, 0) is 4.79 Å². The number of likely N-dealkylation sites (tertiary alicyclic amines) is 1. The molecule has 1 fully saturated rings. The molecule has 146 valence electrons. The fourth-order valence-electron chi connectivity index (χ4n) is 3.56. The topological polar surface area (TPSA) is 55.6 Å². The van der Waals surface area contributed by atoms with Crippen molar-refractivity contribution in [3.05, 3.63) is 65.7 Å². The highest BCUT2D eigenvalue weighted by Crippen LogP contribution is 2.29. The van der Waals surface area contributed by atoms with Crippen molar-refractivity contribution >= 4 is 18.3 Å². The summed E-state index contributed by atoms with van der Waals surface area (Å²) in [5.41, 5.74) is 8.64. The first-order valence-electron chi connectivity index (χ1n) is 9.40. The first-order valence-corrected chi connectivity index (χ1v) is 9.40. The molecule has 2 aromatic carbocycles. The van der Waals surface area contributed by atoms with Crippen LogP contribution in [0.4, 0.5) is 0 Å². The van der Waals surface area contributed by atoms with Crippen LogP contribution in [0.25, 0.3) is 0 Å². The summed E-state index contributed by atoms with van der Waals surface area (Å²) in [4.78, 5) is 14.5. The maximum absolute atomic E-state index is 12.6. The normalized spacial score (nSPS) is 20.0. The number of ether oxygens (including phenoxy) is 1. The number of hydrogen-bond acceptors (Lipinski definition) is 3. The SMILES string of the molecule is CCC(C)c1ccccc1OCC(=O)N1C[C@@H](N)[C@H](c2ccccc2)C1.Cl. The molecule has 27 heavy (non-hydrogen) atoms. The van der Waals surface area contributed by atoms with Crippen LogP contribution in [0.2, 0.25) is 0 Å². The molecule has 5 heteroatoms. The van der Waals surface area contributed by atoms with Gasteiger partial charge in [0.1, 0.15) is 5.75 Å². The van der Waals surface area contributed by atoms with Crippen molar-refractivity contribution in [3.63, 3.8) is 0 Å². The summed E-state index contributed by atoms with van der Waals surface area (Å²) in [7, 11) is 0. The summed E-state index contributed by atoms with van der Waals surface area (Å²) in [5.74, 6) is 1.40. The minimum absolute atomic E-state index is 0. The average molecular weight is 389 g/mol. The van der Waals surface area contributed by atoms with Crippen molar-refractivity contribution < 1.29 is 9.53 Å². The van der Waals surface area contributed by atoms with Crippen molar-refractivity contribution in [3.8, 4) is 5.75 Å². The van der Waals surface area contributed by atoms with Crippen LogP contribution in [0, 0.1) is 0 Å². The second kappa shape index (κ2) is 9.77. The number of benzene rings is 2. The van der Waals surface area contributed by atoms with Gasteiger partial charge in [-0.1, -0.05) is 62.4 Å². The lowest BCUT2D eigenvalue weighted by Crippen LogP contribution is -2.35. The van der Waals surface area contributed by atoms with Gasteiger partial charge in [-0.25, -0.2) is 0 Å². The Balaban J connectivity index is 0.00000261. The number of amides is 1. The molecule has 0 spiro atoms. The highest BCUT2D eigenvalue weighted by atomic mass is 35.5. The van der Waals surface area contributed by atoms with E-state index in [0.717, 1.165) is 17.7 Å². The molecule has 1 aliphatic heterocycles. The molecule has 3 atom stereocenters. The van der Waals surface area contributed by atoms with Gasteiger partial charge in [0.15, 0.2) is 6.61 Å².